The fourth-order valence-electron chi connectivity index (χ4n) is 3.10. The largest absolute Gasteiger partial charge is 0.497 e. The van der Waals surface area contributed by atoms with E-state index in [1.54, 1.807) is 55.8 Å². The molecular weight excluding hydrogens is 384 g/mol. The molecule has 30 heavy (non-hydrogen) atoms. The average molecular weight is 404 g/mol. The van der Waals surface area contributed by atoms with Gasteiger partial charge in [-0.15, -0.1) is 0 Å². The maximum atomic E-state index is 13.1. The Morgan fingerprint density at radius 1 is 1.13 bits per heavy atom. The second-order valence-corrected chi connectivity index (χ2v) is 6.60. The van der Waals surface area contributed by atoms with Crippen molar-refractivity contribution in [2.24, 2.45) is 0 Å². The number of hydrogen-bond donors (Lipinski definition) is 1. The number of carbonyl (C=O) groups excluding carboxylic acids is 2. The first-order valence-electron chi connectivity index (χ1n) is 9.37. The third-order valence-corrected chi connectivity index (χ3v) is 4.57. The number of rotatable bonds is 6. The van der Waals surface area contributed by atoms with E-state index in [2.05, 4.69) is 5.32 Å². The van der Waals surface area contributed by atoms with Crippen molar-refractivity contribution in [1.29, 1.82) is 0 Å². The minimum absolute atomic E-state index is 0.126. The number of fused-ring (bicyclic) bond motifs is 1. The summed E-state index contributed by atoms with van der Waals surface area (Å²) in [6.07, 6.45) is 3.17. The topological polar surface area (TPSA) is 81.0 Å². The SMILES string of the molecule is COc1cccc(C=C2Oc3ccccc3N(CC(=O)NCc3ccco3)C2=O)c1. The van der Waals surface area contributed by atoms with Gasteiger partial charge in [0.2, 0.25) is 5.91 Å². The molecule has 1 aliphatic rings. The zero-order valence-corrected chi connectivity index (χ0v) is 16.3. The van der Waals surface area contributed by atoms with E-state index >= 15 is 0 Å². The number of carbonyl (C=O) groups is 2. The highest BCUT2D eigenvalue weighted by Crippen LogP contribution is 2.35. The maximum absolute atomic E-state index is 13.1. The van der Waals surface area contributed by atoms with Crippen LogP contribution in [0.25, 0.3) is 6.08 Å². The number of hydrogen-bond acceptors (Lipinski definition) is 5. The Kier molecular flexibility index (Phi) is 5.52. The van der Waals surface area contributed by atoms with E-state index in [-0.39, 0.29) is 24.8 Å². The third kappa shape index (κ3) is 4.20. The van der Waals surface area contributed by atoms with Gasteiger partial charge < -0.3 is 19.2 Å². The Balaban J connectivity index is 1.57. The molecule has 7 nitrogen and oxygen atoms in total. The molecule has 2 aromatic carbocycles. The first-order valence-corrected chi connectivity index (χ1v) is 9.37. The lowest BCUT2D eigenvalue weighted by molar-refractivity contribution is -0.123. The van der Waals surface area contributed by atoms with Crippen LogP contribution in [0.4, 0.5) is 5.69 Å². The molecule has 0 bridgehead atoms. The predicted molar refractivity (Wildman–Crippen MR) is 111 cm³/mol. The second kappa shape index (κ2) is 8.57. The van der Waals surface area contributed by atoms with E-state index < -0.39 is 5.91 Å². The number of ether oxygens (including phenoxy) is 2. The summed E-state index contributed by atoms with van der Waals surface area (Å²) < 4.78 is 16.3. The number of furan rings is 1. The van der Waals surface area contributed by atoms with E-state index in [9.17, 15) is 9.59 Å². The normalized spacial score (nSPS) is 14.2. The molecule has 0 atom stereocenters. The lowest BCUT2D eigenvalue weighted by Gasteiger charge is -2.30. The minimum Gasteiger partial charge on any atom is -0.497 e. The number of amides is 2. The van der Waals surface area contributed by atoms with Crippen LogP contribution in [0, 0.1) is 0 Å². The summed E-state index contributed by atoms with van der Waals surface area (Å²) in [5.41, 5.74) is 1.29. The Labute approximate surface area is 173 Å². The van der Waals surface area contributed by atoms with E-state index in [0.717, 1.165) is 5.56 Å². The minimum atomic E-state index is -0.398. The monoisotopic (exact) mass is 404 g/mol. The van der Waals surface area contributed by atoms with Crippen molar-refractivity contribution >= 4 is 23.6 Å². The standard InChI is InChI=1S/C23H20N2O5/c1-28-17-7-4-6-16(12-17)13-21-23(27)25(19-9-2-3-10-20(19)30-21)15-22(26)24-14-18-8-5-11-29-18/h2-13H,14-15H2,1H3,(H,24,26). The van der Waals surface area contributed by atoms with Gasteiger partial charge >= 0.3 is 0 Å². The van der Waals surface area contributed by atoms with E-state index in [4.69, 9.17) is 13.9 Å². The van der Waals surface area contributed by atoms with E-state index in [1.807, 2.05) is 24.3 Å². The molecular formula is C23H20N2O5. The smallest absolute Gasteiger partial charge is 0.294 e. The fraction of sp³-hybridized carbons (Fsp3) is 0.130. The van der Waals surface area contributed by atoms with Crippen LogP contribution in [-0.2, 0) is 16.1 Å². The highest BCUT2D eigenvalue weighted by atomic mass is 16.5. The highest BCUT2D eigenvalue weighted by Gasteiger charge is 2.31. The van der Waals surface area contributed by atoms with Gasteiger partial charge in [0.25, 0.3) is 5.91 Å². The summed E-state index contributed by atoms with van der Waals surface area (Å²) in [6.45, 7) is 0.105. The van der Waals surface area contributed by atoms with Gasteiger partial charge in [0.05, 0.1) is 25.6 Å². The molecule has 4 rings (SSSR count). The van der Waals surface area contributed by atoms with E-state index in [1.165, 1.54) is 4.90 Å². The molecule has 2 amide bonds. The van der Waals surface area contributed by atoms with Crippen molar-refractivity contribution < 1.29 is 23.5 Å². The number of benzene rings is 2. The van der Waals surface area contributed by atoms with Crippen LogP contribution in [0.3, 0.4) is 0 Å². The number of nitrogens with zero attached hydrogens (tertiary/aromatic N) is 1. The Morgan fingerprint density at radius 2 is 2.00 bits per heavy atom. The lowest BCUT2D eigenvalue weighted by atomic mass is 10.1. The third-order valence-electron chi connectivity index (χ3n) is 4.57. The summed E-state index contributed by atoms with van der Waals surface area (Å²) >= 11 is 0. The van der Waals surface area contributed by atoms with Crippen LogP contribution < -0.4 is 19.7 Å². The van der Waals surface area contributed by atoms with Gasteiger partial charge in [-0.05, 0) is 48.0 Å². The van der Waals surface area contributed by atoms with Gasteiger partial charge in [0.15, 0.2) is 11.5 Å². The molecule has 0 saturated carbocycles. The first-order chi connectivity index (χ1) is 14.6. The second-order valence-electron chi connectivity index (χ2n) is 6.60. The van der Waals surface area contributed by atoms with Crippen molar-refractivity contribution in [3.05, 3.63) is 84.0 Å². The number of nitrogens with one attached hydrogen (secondary N) is 1. The number of para-hydroxylation sites is 2. The van der Waals surface area contributed by atoms with Gasteiger partial charge in [-0.2, -0.15) is 0 Å². The van der Waals surface area contributed by atoms with Crippen LogP contribution >= 0.6 is 0 Å². The van der Waals surface area contributed by atoms with Gasteiger partial charge in [0, 0.05) is 0 Å². The number of methoxy groups -OCH3 is 1. The Hall–Kier alpha value is -4.00. The van der Waals surface area contributed by atoms with Gasteiger partial charge in [-0.3, -0.25) is 14.5 Å². The van der Waals surface area contributed by atoms with Crippen molar-refractivity contribution in [2.75, 3.05) is 18.6 Å². The van der Waals surface area contributed by atoms with Gasteiger partial charge in [-0.1, -0.05) is 24.3 Å². The molecule has 1 aliphatic heterocycles. The molecule has 7 heteroatoms. The maximum Gasteiger partial charge on any atom is 0.294 e. The molecule has 0 unspecified atom stereocenters. The van der Waals surface area contributed by atoms with Crippen LogP contribution in [0.1, 0.15) is 11.3 Å². The Bertz CT molecular complexity index is 1090. The summed E-state index contributed by atoms with van der Waals surface area (Å²) in [7, 11) is 1.58. The molecule has 3 aromatic rings. The molecule has 2 heterocycles. The van der Waals surface area contributed by atoms with Crippen molar-refractivity contribution in [3.63, 3.8) is 0 Å². The van der Waals surface area contributed by atoms with Crippen molar-refractivity contribution in [1.82, 2.24) is 5.32 Å². The molecule has 0 radical (unpaired) electrons. The molecule has 0 aliphatic carbocycles. The zero-order chi connectivity index (χ0) is 20.9. The predicted octanol–water partition coefficient (Wildman–Crippen LogP) is 3.37. The van der Waals surface area contributed by atoms with Crippen LogP contribution in [0.15, 0.2) is 77.1 Å². The lowest BCUT2D eigenvalue weighted by Crippen LogP contribution is -2.44. The summed E-state index contributed by atoms with van der Waals surface area (Å²) in [6, 6.07) is 17.9. The Morgan fingerprint density at radius 3 is 2.80 bits per heavy atom. The summed E-state index contributed by atoms with van der Waals surface area (Å²) in [5.74, 6) is 1.23. The van der Waals surface area contributed by atoms with Crippen LogP contribution in [-0.4, -0.2) is 25.5 Å². The van der Waals surface area contributed by atoms with Gasteiger partial charge in [-0.25, -0.2) is 0 Å². The van der Waals surface area contributed by atoms with Gasteiger partial charge in [0.1, 0.15) is 18.1 Å². The van der Waals surface area contributed by atoms with Crippen LogP contribution in [0.5, 0.6) is 11.5 Å². The fourth-order valence-corrected chi connectivity index (χ4v) is 3.10. The molecule has 0 fully saturated rings. The van der Waals surface area contributed by atoms with E-state index in [0.29, 0.717) is 22.9 Å². The van der Waals surface area contributed by atoms with Crippen molar-refractivity contribution in [2.45, 2.75) is 6.54 Å². The van der Waals surface area contributed by atoms with Crippen LogP contribution in [0.2, 0.25) is 0 Å². The zero-order valence-electron chi connectivity index (χ0n) is 16.3. The average Bonchev–Trinajstić information content (AvgIpc) is 3.29. The first kappa shape index (κ1) is 19.3. The highest BCUT2D eigenvalue weighted by molar-refractivity contribution is 6.12. The quantitative estimate of drug-likeness (QED) is 0.637. The summed E-state index contributed by atoms with van der Waals surface area (Å²) in [4.78, 5) is 27.0. The molecule has 1 aromatic heterocycles. The summed E-state index contributed by atoms with van der Waals surface area (Å²) in [5, 5.41) is 2.76. The molecule has 0 saturated heterocycles. The molecule has 152 valence electrons. The molecule has 1 N–H and O–H groups in total. The molecule has 0 spiro atoms. The number of anilines is 1. The van der Waals surface area contributed by atoms with Crippen molar-refractivity contribution in [3.8, 4) is 11.5 Å².